The first-order valence-electron chi connectivity index (χ1n) is 6.64. The molecule has 0 amide bonds. The number of sulfonamides is 1. The minimum atomic E-state index is -3.61. The van der Waals surface area contributed by atoms with Crippen LogP contribution in [0.3, 0.4) is 0 Å². The summed E-state index contributed by atoms with van der Waals surface area (Å²) >= 11 is 6.04. The zero-order valence-corrected chi connectivity index (χ0v) is 14.1. The molecule has 0 aliphatic heterocycles. The van der Waals surface area contributed by atoms with Crippen LogP contribution in [0, 0.1) is 17.3 Å². The third kappa shape index (κ3) is 6.06. The number of rotatable bonds is 4. The van der Waals surface area contributed by atoms with Crippen molar-refractivity contribution in [1.29, 1.82) is 0 Å². The van der Waals surface area contributed by atoms with Gasteiger partial charge in [0.15, 0.2) is 0 Å². The lowest BCUT2D eigenvalue weighted by molar-refractivity contribution is 0.378. The standard InChI is InChI=1S/C15H21ClN2O2S/c1-15(2,3)8-10-18-21(19,20)14-7-6-12(5-4-9-17)11-13(14)16/h6-7,11,18H,8-10,17H2,1-3H3. The van der Waals surface area contributed by atoms with Gasteiger partial charge in [-0.3, -0.25) is 0 Å². The molecule has 3 N–H and O–H groups in total. The molecule has 21 heavy (non-hydrogen) atoms. The van der Waals surface area contributed by atoms with Gasteiger partial charge in [-0.05, 0) is 30.0 Å². The van der Waals surface area contributed by atoms with Gasteiger partial charge in [0, 0.05) is 12.1 Å². The zero-order valence-electron chi connectivity index (χ0n) is 12.5. The summed E-state index contributed by atoms with van der Waals surface area (Å²) in [5, 5.41) is 0.155. The first kappa shape index (κ1) is 18.0. The topological polar surface area (TPSA) is 72.2 Å². The van der Waals surface area contributed by atoms with Crippen molar-refractivity contribution in [3.05, 3.63) is 28.8 Å². The average molecular weight is 329 g/mol. The van der Waals surface area contributed by atoms with Crippen molar-refractivity contribution >= 4 is 21.6 Å². The van der Waals surface area contributed by atoms with E-state index in [0.717, 1.165) is 6.42 Å². The molecule has 0 saturated carbocycles. The van der Waals surface area contributed by atoms with Gasteiger partial charge in [-0.1, -0.05) is 44.2 Å². The molecule has 0 spiro atoms. The van der Waals surface area contributed by atoms with E-state index in [1.54, 1.807) is 6.07 Å². The van der Waals surface area contributed by atoms with Crippen molar-refractivity contribution in [1.82, 2.24) is 4.72 Å². The third-order valence-corrected chi connectivity index (χ3v) is 4.67. The maximum atomic E-state index is 12.2. The Hall–Kier alpha value is -1.06. The van der Waals surface area contributed by atoms with Crippen molar-refractivity contribution < 1.29 is 8.42 Å². The van der Waals surface area contributed by atoms with Gasteiger partial charge >= 0.3 is 0 Å². The van der Waals surface area contributed by atoms with Crippen LogP contribution in [-0.4, -0.2) is 21.5 Å². The van der Waals surface area contributed by atoms with Gasteiger partial charge < -0.3 is 5.73 Å². The minimum Gasteiger partial charge on any atom is -0.320 e. The number of hydrogen-bond acceptors (Lipinski definition) is 3. The number of nitrogens with one attached hydrogen (secondary N) is 1. The Bertz CT molecular complexity index is 652. The molecule has 0 aromatic heterocycles. The van der Waals surface area contributed by atoms with Crippen LogP contribution in [0.5, 0.6) is 0 Å². The summed E-state index contributed by atoms with van der Waals surface area (Å²) in [4.78, 5) is 0.0661. The van der Waals surface area contributed by atoms with Crippen LogP contribution in [0.2, 0.25) is 5.02 Å². The van der Waals surface area contributed by atoms with E-state index in [4.69, 9.17) is 17.3 Å². The van der Waals surface area contributed by atoms with Crippen LogP contribution in [0.4, 0.5) is 0 Å². The second kappa shape index (κ2) is 7.28. The molecule has 6 heteroatoms. The smallest absolute Gasteiger partial charge is 0.242 e. The molecule has 0 aliphatic rings. The molecular formula is C15H21ClN2O2S. The molecule has 1 aromatic carbocycles. The molecule has 1 rings (SSSR count). The second-order valence-electron chi connectivity index (χ2n) is 5.86. The SMILES string of the molecule is CC(C)(C)CCNS(=O)(=O)c1ccc(C#CCN)cc1Cl. The number of nitrogens with two attached hydrogens (primary N) is 1. The van der Waals surface area contributed by atoms with E-state index >= 15 is 0 Å². The Kier molecular flexibility index (Phi) is 6.24. The summed E-state index contributed by atoms with van der Waals surface area (Å²) in [5.41, 5.74) is 5.99. The molecule has 0 aliphatic carbocycles. The van der Waals surface area contributed by atoms with E-state index in [9.17, 15) is 8.42 Å². The maximum Gasteiger partial charge on any atom is 0.242 e. The quantitative estimate of drug-likeness (QED) is 0.833. The Morgan fingerprint density at radius 2 is 2.00 bits per heavy atom. The van der Waals surface area contributed by atoms with Gasteiger partial charge in [0.05, 0.1) is 11.6 Å². The first-order valence-corrected chi connectivity index (χ1v) is 8.50. The Labute approximate surface area is 132 Å². The monoisotopic (exact) mass is 328 g/mol. The molecule has 0 fully saturated rings. The van der Waals surface area contributed by atoms with Crippen LogP contribution in [0.25, 0.3) is 0 Å². The fourth-order valence-corrected chi connectivity index (χ4v) is 3.16. The summed E-state index contributed by atoms with van der Waals surface area (Å²) in [6, 6.07) is 4.61. The summed E-state index contributed by atoms with van der Waals surface area (Å²) < 4.78 is 27.0. The molecule has 0 radical (unpaired) electrons. The molecule has 0 unspecified atom stereocenters. The fraction of sp³-hybridized carbons (Fsp3) is 0.467. The van der Waals surface area contributed by atoms with Crippen molar-refractivity contribution in [2.24, 2.45) is 11.1 Å². The first-order chi connectivity index (χ1) is 9.65. The second-order valence-corrected chi connectivity index (χ2v) is 8.00. The summed E-state index contributed by atoms with van der Waals surface area (Å²) in [5.74, 6) is 5.51. The van der Waals surface area contributed by atoms with Gasteiger partial charge in [0.2, 0.25) is 10.0 Å². The molecule has 0 bridgehead atoms. The third-order valence-electron chi connectivity index (χ3n) is 2.72. The van der Waals surface area contributed by atoms with E-state index in [0.29, 0.717) is 12.1 Å². The van der Waals surface area contributed by atoms with Crippen LogP contribution in [0.15, 0.2) is 23.1 Å². The number of benzene rings is 1. The molecule has 116 valence electrons. The molecule has 0 heterocycles. The molecule has 4 nitrogen and oxygen atoms in total. The number of halogens is 1. The van der Waals surface area contributed by atoms with Gasteiger partial charge in [-0.25, -0.2) is 13.1 Å². The van der Waals surface area contributed by atoms with Crippen molar-refractivity contribution in [3.8, 4) is 11.8 Å². The lowest BCUT2D eigenvalue weighted by atomic mass is 9.93. The predicted octanol–water partition coefficient (Wildman–Crippen LogP) is 2.36. The summed E-state index contributed by atoms with van der Waals surface area (Å²) in [7, 11) is -3.61. The minimum absolute atomic E-state index is 0.0635. The van der Waals surface area contributed by atoms with Gasteiger partial charge in [0.25, 0.3) is 0 Å². The van der Waals surface area contributed by atoms with Crippen LogP contribution in [-0.2, 0) is 10.0 Å². The lowest BCUT2D eigenvalue weighted by Gasteiger charge is -2.18. The molecular weight excluding hydrogens is 308 g/mol. The van der Waals surface area contributed by atoms with Crippen LogP contribution in [0.1, 0.15) is 32.8 Å². The Morgan fingerprint density at radius 1 is 1.33 bits per heavy atom. The van der Waals surface area contributed by atoms with E-state index in [-0.39, 0.29) is 21.9 Å². The highest BCUT2D eigenvalue weighted by Crippen LogP contribution is 2.23. The highest BCUT2D eigenvalue weighted by atomic mass is 35.5. The lowest BCUT2D eigenvalue weighted by Crippen LogP contribution is -2.27. The zero-order chi connectivity index (χ0) is 16.1. The largest absolute Gasteiger partial charge is 0.320 e. The Morgan fingerprint density at radius 3 is 2.52 bits per heavy atom. The van der Waals surface area contributed by atoms with E-state index in [2.05, 4.69) is 37.3 Å². The van der Waals surface area contributed by atoms with Crippen LogP contribution >= 0.6 is 11.6 Å². The number of hydrogen-bond donors (Lipinski definition) is 2. The highest BCUT2D eigenvalue weighted by Gasteiger charge is 2.19. The van der Waals surface area contributed by atoms with Gasteiger partial charge in [0.1, 0.15) is 4.90 Å². The molecule has 0 atom stereocenters. The normalized spacial score (nSPS) is 11.9. The van der Waals surface area contributed by atoms with Gasteiger partial charge in [-0.2, -0.15) is 0 Å². The summed E-state index contributed by atoms with van der Waals surface area (Å²) in [6.07, 6.45) is 0.740. The maximum absolute atomic E-state index is 12.2. The summed E-state index contributed by atoms with van der Waals surface area (Å²) in [6.45, 7) is 6.78. The van der Waals surface area contributed by atoms with E-state index in [1.165, 1.54) is 12.1 Å². The van der Waals surface area contributed by atoms with Crippen molar-refractivity contribution in [2.75, 3.05) is 13.1 Å². The van der Waals surface area contributed by atoms with Crippen molar-refractivity contribution in [3.63, 3.8) is 0 Å². The van der Waals surface area contributed by atoms with E-state index < -0.39 is 10.0 Å². The Balaban J connectivity index is 2.89. The van der Waals surface area contributed by atoms with Crippen LogP contribution < -0.4 is 10.5 Å². The highest BCUT2D eigenvalue weighted by molar-refractivity contribution is 7.89. The van der Waals surface area contributed by atoms with Crippen molar-refractivity contribution in [2.45, 2.75) is 32.1 Å². The van der Waals surface area contributed by atoms with Gasteiger partial charge in [-0.15, -0.1) is 0 Å². The fourth-order valence-electron chi connectivity index (χ4n) is 1.59. The van der Waals surface area contributed by atoms with E-state index in [1.807, 2.05) is 0 Å². The predicted molar refractivity (Wildman–Crippen MR) is 86.6 cm³/mol. The average Bonchev–Trinajstić information content (AvgIpc) is 2.34. The molecule has 0 saturated heterocycles. The molecule has 1 aromatic rings.